The molecule has 1 aliphatic heterocycles. The lowest BCUT2D eigenvalue weighted by Gasteiger charge is -2.16. The number of nitrogens with one attached hydrogen (secondary N) is 1. The number of anilines is 2. The second kappa shape index (κ2) is 9.24. The van der Waals surface area contributed by atoms with Gasteiger partial charge in [0.05, 0.1) is 48.2 Å². The Balaban J connectivity index is 1.90. The first kappa shape index (κ1) is 8.99. The molecule has 3 aromatic rings. The van der Waals surface area contributed by atoms with Gasteiger partial charge in [0.25, 0.3) is 0 Å². The van der Waals surface area contributed by atoms with Crippen LogP contribution in [-0.2, 0) is 9.47 Å². The largest absolute Gasteiger partial charge is 0.487 e. The maximum Gasteiger partial charge on any atom is 0.163 e. The number of hydrogen-bond donors (Lipinski definition) is 1. The number of ether oxygens (including phenoxy) is 4. The highest BCUT2D eigenvalue weighted by molar-refractivity contribution is 5.93. The van der Waals surface area contributed by atoms with Gasteiger partial charge in [-0.15, -0.1) is 6.40 Å². The van der Waals surface area contributed by atoms with E-state index in [0.29, 0.717) is 11.3 Å². The third-order valence-corrected chi connectivity index (χ3v) is 3.62. The van der Waals surface area contributed by atoms with E-state index in [0.717, 1.165) is 18.5 Å². The Labute approximate surface area is 187 Å². The van der Waals surface area contributed by atoms with Crippen LogP contribution in [-0.4, -0.2) is 49.3 Å². The van der Waals surface area contributed by atoms with Gasteiger partial charge in [-0.3, -0.25) is 0 Å². The van der Waals surface area contributed by atoms with Gasteiger partial charge in [-0.05, 0) is 24.3 Å². The zero-order valence-electron chi connectivity index (χ0n) is 27.6. The standard InChI is InChI=1S/C22H21N3O4/c1-2-16-4-3-5-17(12-16)25-22-18-13-20-21(14-19(18)23-15-24-22)29-11-9-27-7-6-26-8-10-28-20/h1,3-5,12-15H,6-11H2,(H,23,24,25)/i1D,6D2,7D2,8D2,9D2,10D2,11D2. The van der Waals surface area contributed by atoms with E-state index in [1.54, 1.807) is 24.3 Å². The summed E-state index contributed by atoms with van der Waals surface area (Å²) in [6.07, 6.45) is 3.16. The predicted molar refractivity (Wildman–Crippen MR) is 110 cm³/mol. The van der Waals surface area contributed by atoms with E-state index in [-0.39, 0.29) is 16.7 Å². The van der Waals surface area contributed by atoms with Crippen molar-refractivity contribution >= 4 is 22.4 Å². The van der Waals surface area contributed by atoms with Crippen molar-refractivity contribution in [3.8, 4) is 23.8 Å². The molecule has 148 valence electrons. The van der Waals surface area contributed by atoms with Crippen LogP contribution in [0, 0.1) is 12.3 Å². The molecule has 1 aromatic heterocycles. The number of benzene rings is 2. The lowest BCUT2D eigenvalue weighted by molar-refractivity contribution is 0.0224. The first-order valence-corrected chi connectivity index (χ1v) is 8.07. The molecule has 7 nitrogen and oxygen atoms in total. The molecule has 1 N–H and O–H groups in total. The average molecular weight is 405 g/mol. The first-order chi connectivity index (χ1) is 19.2. The van der Waals surface area contributed by atoms with Crippen molar-refractivity contribution in [1.29, 1.82) is 0 Å². The fourth-order valence-electron chi connectivity index (χ4n) is 2.42. The summed E-state index contributed by atoms with van der Waals surface area (Å²) in [7, 11) is 0. The van der Waals surface area contributed by atoms with Crippen molar-refractivity contribution in [2.75, 3.05) is 44.7 Å². The number of fused-ring (bicyclic) bond motifs is 2. The maximum atomic E-state index is 8.19. The van der Waals surface area contributed by atoms with Gasteiger partial charge < -0.3 is 24.3 Å². The summed E-state index contributed by atoms with van der Waals surface area (Å²) in [5.74, 6) is 1.30. The van der Waals surface area contributed by atoms with Crippen LogP contribution in [0.1, 0.15) is 23.4 Å². The van der Waals surface area contributed by atoms with Gasteiger partial charge in [0.2, 0.25) is 0 Å². The lowest BCUT2D eigenvalue weighted by atomic mass is 10.2. The summed E-state index contributed by atoms with van der Waals surface area (Å²) >= 11 is 0. The molecular weight excluding hydrogens is 370 g/mol. The lowest BCUT2D eigenvalue weighted by Crippen LogP contribution is -2.15. The van der Waals surface area contributed by atoms with Crippen LogP contribution in [0.5, 0.6) is 11.5 Å². The Kier molecular flexibility index (Phi) is 2.86. The van der Waals surface area contributed by atoms with E-state index in [4.69, 9.17) is 27.3 Å². The molecule has 0 saturated carbocycles. The first-order valence-electron chi connectivity index (χ1n) is 14.6. The van der Waals surface area contributed by atoms with Crippen LogP contribution in [0.4, 0.5) is 11.5 Å². The topological polar surface area (TPSA) is 74.7 Å². The van der Waals surface area contributed by atoms with Crippen LogP contribution in [0.3, 0.4) is 0 Å². The number of nitrogens with zero attached hydrogens (tertiary/aromatic N) is 2. The van der Waals surface area contributed by atoms with E-state index in [1.807, 2.05) is 6.40 Å². The van der Waals surface area contributed by atoms with Crippen molar-refractivity contribution in [3.05, 3.63) is 48.3 Å². The molecule has 0 atom stereocenters. The van der Waals surface area contributed by atoms with Gasteiger partial charge in [-0.25, -0.2) is 9.97 Å². The Morgan fingerprint density at radius 1 is 0.966 bits per heavy atom. The van der Waals surface area contributed by atoms with Crippen molar-refractivity contribution in [3.63, 3.8) is 0 Å². The van der Waals surface area contributed by atoms with E-state index in [2.05, 4.69) is 30.7 Å². The minimum Gasteiger partial charge on any atom is -0.487 e. The number of hydrogen-bond acceptors (Lipinski definition) is 7. The molecule has 4 rings (SSSR count). The molecule has 0 saturated heterocycles. The molecule has 0 bridgehead atoms. The summed E-state index contributed by atoms with van der Waals surface area (Å²) in [5.41, 5.74) is 1.03. The maximum absolute atomic E-state index is 8.19. The van der Waals surface area contributed by atoms with E-state index in [1.165, 1.54) is 0 Å². The minimum atomic E-state index is -3.87. The molecule has 0 radical (unpaired) electrons. The Hall–Kier alpha value is -3.34. The molecule has 29 heavy (non-hydrogen) atoms. The molecule has 0 unspecified atom stereocenters. The summed E-state index contributed by atoms with van der Waals surface area (Å²) in [4.78, 5) is 8.23. The molecular formula is C22H21N3O4. The van der Waals surface area contributed by atoms with Crippen molar-refractivity contribution < 1.29 is 36.8 Å². The normalized spacial score (nSPS) is 31.8. The van der Waals surface area contributed by atoms with Gasteiger partial charge >= 0.3 is 0 Å². The van der Waals surface area contributed by atoms with Crippen LogP contribution in [0.25, 0.3) is 10.9 Å². The highest BCUT2D eigenvalue weighted by Gasteiger charge is 2.13. The van der Waals surface area contributed by atoms with Crippen LogP contribution in [0.2, 0.25) is 0 Å². The van der Waals surface area contributed by atoms with Crippen LogP contribution >= 0.6 is 0 Å². The quantitative estimate of drug-likeness (QED) is 0.658. The number of rotatable bonds is 2. The predicted octanol–water partition coefficient (Wildman–Crippen LogP) is 3.16. The summed E-state index contributed by atoms with van der Waals surface area (Å²) in [6.45, 7) is -22.3. The molecule has 0 amide bonds. The fraction of sp³-hybridized carbons (Fsp3) is 0.273. The Bertz CT molecular complexity index is 1570. The molecule has 1 aliphatic rings. The molecule has 0 aliphatic carbocycles. The zero-order valence-corrected chi connectivity index (χ0v) is 14.6. The second-order valence-corrected chi connectivity index (χ2v) is 5.39. The summed E-state index contributed by atoms with van der Waals surface area (Å²) < 4.78 is 123. The fourth-order valence-corrected chi connectivity index (χ4v) is 2.42. The van der Waals surface area contributed by atoms with Crippen LogP contribution < -0.4 is 14.8 Å². The Morgan fingerprint density at radius 2 is 1.72 bits per heavy atom. The van der Waals surface area contributed by atoms with Crippen molar-refractivity contribution in [2.45, 2.75) is 0 Å². The molecule has 0 fully saturated rings. The van der Waals surface area contributed by atoms with Gasteiger partial charge in [0.1, 0.15) is 26.6 Å². The van der Waals surface area contributed by atoms with Crippen molar-refractivity contribution in [2.24, 2.45) is 0 Å². The van der Waals surface area contributed by atoms with Crippen molar-refractivity contribution in [1.82, 2.24) is 9.97 Å². The Morgan fingerprint density at radius 3 is 2.52 bits per heavy atom. The second-order valence-electron chi connectivity index (χ2n) is 5.39. The highest BCUT2D eigenvalue weighted by atomic mass is 16.6. The third-order valence-electron chi connectivity index (χ3n) is 3.62. The molecule has 2 heterocycles. The number of aromatic nitrogens is 2. The van der Waals surface area contributed by atoms with Gasteiger partial charge in [-0.2, -0.15) is 0 Å². The minimum absolute atomic E-state index is 0.0489. The van der Waals surface area contributed by atoms with Gasteiger partial charge in [0, 0.05) is 22.7 Å². The summed E-state index contributed by atoms with van der Waals surface area (Å²) in [6, 6.07) is 8.67. The molecule has 7 heteroatoms. The SMILES string of the molecule is [2H]C#Cc1cccc(Nc2ncnc3cc4c(cc23)OC([2H])([2H])C([2H])([2H])OC([2H])([2H])C([2H])([2H])OC([2H])([2H])C([2H])([2H])O4)c1. The smallest absolute Gasteiger partial charge is 0.163 e. The average Bonchev–Trinajstić information content (AvgIpc) is 2.83. The van der Waals surface area contributed by atoms with E-state index < -0.39 is 50.9 Å². The molecule has 2 aromatic carbocycles. The van der Waals surface area contributed by atoms with E-state index in [9.17, 15) is 0 Å². The molecule has 0 spiro atoms. The third kappa shape index (κ3) is 4.74. The zero-order chi connectivity index (χ0) is 31.4. The monoisotopic (exact) mass is 404 g/mol. The van der Waals surface area contributed by atoms with E-state index >= 15 is 0 Å². The highest BCUT2D eigenvalue weighted by Crippen LogP contribution is 2.35. The van der Waals surface area contributed by atoms with Gasteiger partial charge in [-0.1, -0.05) is 12.0 Å². The van der Waals surface area contributed by atoms with Crippen LogP contribution in [0.15, 0.2) is 42.7 Å². The summed E-state index contributed by atoms with van der Waals surface area (Å²) in [5, 5.41) is 3.11. The van der Waals surface area contributed by atoms with Gasteiger partial charge in [0.15, 0.2) is 11.5 Å². The number of terminal acetylenes is 1.